The standard InChI is InChI=1S/C11H10BrClF3NO/c12-7-2-3-8(9(6-7)11(14,15)16)10(18)17-5-1-4-13/h2-3,6H,1,4-5H2,(H,17,18). The van der Waals surface area contributed by atoms with Crippen LogP contribution >= 0.6 is 27.5 Å². The van der Waals surface area contributed by atoms with Gasteiger partial charge in [-0.25, -0.2) is 0 Å². The van der Waals surface area contributed by atoms with Gasteiger partial charge in [0.05, 0.1) is 11.1 Å². The number of hydrogen-bond acceptors (Lipinski definition) is 1. The van der Waals surface area contributed by atoms with Crippen LogP contribution in [0.25, 0.3) is 0 Å². The summed E-state index contributed by atoms with van der Waals surface area (Å²) < 4.78 is 38.5. The lowest BCUT2D eigenvalue weighted by atomic mass is 10.1. The van der Waals surface area contributed by atoms with Gasteiger partial charge >= 0.3 is 6.18 Å². The molecule has 0 unspecified atom stereocenters. The van der Waals surface area contributed by atoms with Crippen molar-refractivity contribution >= 4 is 33.4 Å². The number of amides is 1. The Morgan fingerprint density at radius 1 is 1.39 bits per heavy atom. The molecule has 0 fully saturated rings. The lowest BCUT2D eigenvalue weighted by molar-refractivity contribution is -0.138. The molecule has 0 aliphatic carbocycles. The molecule has 1 aromatic rings. The second-order valence-corrected chi connectivity index (χ2v) is 4.78. The quantitative estimate of drug-likeness (QED) is 0.653. The van der Waals surface area contributed by atoms with E-state index >= 15 is 0 Å². The van der Waals surface area contributed by atoms with Gasteiger partial charge < -0.3 is 5.32 Å². The van der Waals surface area contributed by atoms with Crippen LogP contribution in [0.2, 0.25) is 0 Å². The molecule has 0 saturated heterocycles. The Balaban J connectivity index is 2.97. The summed E-state index contributed by atoms with van der Waals surface area (Å²) in [5.41, 5.74) is -1.35. The van der Waals surface area contributed by atoms with Crippen molar-refractivity contribution in [1.82, 2.24) is 5.32 Å². The van der Waals surface area contributed by atoms with E-state index in [0.717, 1.165) is 12.1 Å². The van der Waals surface area contributed by atoms with E-state index in [1.54, 1.807) is 0 Å². The van der Waals surface area contributed by atoms with Crippen molar-refractivity contribution in [3.8, 4) is 0 Å². The molecule has 0 saturated carbocycles. The third-order valence-electron chi connectivity index (χ3n) is 2.13. The molecule has 1 N–H and O–H groups in total. The van der Waals surface area contributed by atoms with Crippen molar-refractivity contribution in [3.05, 3.63) is 33.8 Å². The minimum absolute atomic E-state index is 0.246. The summed E-state index contributed by atoms with van der Waals surface area (Å²) in [5, 5.41) is 2.39. The van der Waals surface area contributed by atoms with Crippen LogP contribution in [0, 0.1) is 0 Å². The lowest BCUT2D eigenvalue weighted by Crippen LogP contribution is -2.27. The van der Waals surface area contributed by atoms with Crippen molar-refractivity contribution in [3.63, 3.8) is 0 Å². The van der Waals surface area contributed by atoms with Crippen LogP contribution in [0.5, 0.6) is 0 Å². The van der Waals surface area contributed by atoms with E-state index in [2.05, 4.69) is 21.2 Å². The highest BCUT2D eigenvalue weighted by molar-refractivity contribution is 9.10. The highest BCUT2D eigenvalue weighted by atomic mass is 79.9. The highest BCUT2D eigenvalue weighted by Gasteiger charge is 2.35. The Morgan fingerprint density at radius 2 is 2.06 bits per heavy atom. The van der Waals surface area contributed by atoms with Crippen molar-refractivity contribution in [2.75, 3.05) is 12.4 Å². The zero-order valence-corrected chi connectivity index (χ0v) is 11.5. The fourth-order valence-corrected chi connectivity index (χ4v) is 1.81. The molecular formula is C11H10BrClF3NO. The molecule has 7 heteroatoms. The summed E-state index contributed by atoms with van der Waals surface area (Å²) in [6.45, 7) is 0.246. The number of rotatable bonds is 4. The van der Waals surface area contributed by atoms with Crippen molar-refractivity contribution in [2.24, 2.45) is 0 Å². The molecule has 0 atom stereocenters. The van der Waals surface area contributed by atoms with Gasteiger partial charge in [-0.05, 0) is 24.6 Å². The van der Waals surface area contributed by atoms with Crippen molar-refractivity contribution < 1.29 is 18.0 Å². The van der Waals surface area contributed by atoms with Gasteiger partial charge in [-0.1, -0.05) is 15.9 Å². The average Bonchev–Trinajstić information content (AvgIpc) is 2.28. The Hall–Kier alpha value is -0.750. The fourth-order valence-electron chi connectivity index (χ4n) is 1.31. The minimum atomic E-state index is -4.57. The smallest absolute Gasteiger partial charge is 0.352 e. The molecule has 18 heavy (non-hydrogen) atoms. The maximum Gasteiger partial charge on any atom is 0.417 e. The van der Waals surface area contributed by atoms with Gasteiger partial charge in [0.2, 0.25) is 0 Å². The molecule has 2 nitrogen and oxygen atoms in total. The van der Waals surface area contributed by atoms with E-state index in [0.29, 0.717) is 12.3 Å². The third-order valence-corrected chi connectivity index (χ3v) is 2.89. The summed E-state index contributed by atoms with van der Waals surface area (Å²) >= 11 is 8.37. The largest absolute Gasteiger partial charge is 0.417 e. The molecular weight excluding hydrogens is 334 g/mol. The van der Waals surface area contributed by atoms with Crippen molar-refractivity contribution in [2.45, 2.75) is 12.6 Å². The third kappa shape index (κ3) is 4.17. The first-order valence-corrected chi connectivity index (χ1v) is 6.40. The molecule has 0 aliphatic rings. The summed E-state index contributed by atoms with van der Waals surface area (Å²) in [4.78, 5) is 11.6. The molecule has 1 amide bonds. The van der Waals surface area contributed by atoms with Crippen LogP contribution in [-0.2, 0) is 6.18 Å². The van der Waals surface area contributed by atoms with Crippen LogP contribution in [-0.4, -0.2) is 18.3 Å². The van der Waals surface area contributed by atoms with Gasteiger partial charge in [-0.15, -0.1) is 11.6 Å². The number of halogens is 5. The van der Waals surface area contributed by atoms with E-state index in [1.165, 1.54) is 6.07 Å². The molecule has 0 aromatic heterocycles. The van der Waals surface area contributed by atoms with E-state index < -0.39 is 17.6 Å². The second-order valence-electron chi connectivity index (χ2n) is 3.49. The normalized spacial score (nSPS) is 11.4. The predicted molar refractivity (Wildman–Crippen MR) is 66.8 cm³/mol. The molecule has 0 aliphatic heterocycles. The Labute approximate surface area is 116 Å². The van der Waals surface area contributed by atoms with E-state index in [9.17, 15) is 18.0 Å². The first-order valence-electron chi connectivity index (χ1n) is 5.07. The SMILES string of the molecule is O=C(NCCCCl)c1ccc(Br)cc1C(F)(F)F. The Morgan fingerprint density at radius 3 is 2.61 bits per heavy atom. The molecule has 100 valence electrons. The van der Waals surface area contributed by atoms with Gasteiger partial charge in [0, 0.05) is 16.9 Å². The first-order chi connectivity index (χ1) is 8.36. The minimum Gasteiger partial charge on any atom is -0.352 e. The van der Waals surface area contributed by atoms with Gasteiger partial charge in [-0.3, -0.25) is 4.79 Å². The molecule has 0 spiro atoms. The number of carbonyl (C=O) groups is 1. The van der Waals surface area contributed by atoms with Gasteiger partial charge in [0.1, 0.15) is 0 Å². The number of benzene rings is 1. The maximum atomic E-state index is 12.8. The zero-order chi connectivity index (χ0) is 13.8. The van der Waals surface area contributed by atoms with Crippen LogP contribution in [0.3, 0.4) is 0 Å². The van der Waals surface area contributed by atoms with Crippen LogP contribution in [0.4, 0.5) is 13.2 Å². The number of nitrogens with one attached hydrogen (secondary N) is 1. The summed E-state index contributed by atoms with van der Waals surface area (Å²) in [7, 11) is 0. The zero-order valence-electron chi connectivity index (χ0n) is 9.15. The van der Waals surface area contributed by atoms with Crippen LogP contribution in [0.15, 0.2) is 22.7 Å². The van der Waals surface area contributed by atoms with E-state index in [1.807, 2.05) is 0 Å². The van der Waals surface area contributed by atoms with Crippen LogP contribution < -0.4 is 5.32 Å². The summed E-state index contributed by atoms with van der Waals surface area (Å²) in [6.07, 6.45) is -4.06. The average molecular weight is 345 g/mol. The predicted octanol–water partition coefficient (Wildman–Crippen LogP) is 3.83. The summed E-state index contributed by atoms with van der Waals surface area (Å²) in [6, 6.07) is 3.42. The van der Waals surface area contributed by atoms with Gasteiger partial charge in [-0.2, -0.15) is 13.2 Å². The van der Waals surface area contributed by atoms with Crippen molar-refractivity contribution in [1.29, 1.82) is 0 Å². The monoisotopic (exact) mass is 343 g/mol. The topological polar surface area (TPSA) is 29.1 Å². The Kier molecular flexibility index (Phi) is 5.47. The first kappa shape index (κ1) is 15.3. The van der Waals surface area contributed by atoms with Gasteiger partial charge in [0.25, 0.3) is 5.91 Å². The second kappa shape index (κ2) is 6.43. The molecule has 1 rings (SSSR count). The molecule has 0 bridgehead atoms. The van der Waals surface area contributed by atoms with Crippen LogP contribution in [0.1, 0.15) is 22.3 Å². The number of alkyl halides is 4. The van der Waals surface area contributed by atoms with E-state index in [4.69, 9.17) is 11.6 Å². The molecule has 0 radical (unpaired) electrons. The van der Waals surface area contributed by atoms with Gasteiger partial charge in [0.15, 0.2) is 0 Å². The number of hydrogen-bond donors (Lipinski definition) is 1. The molecule has 1 aromatic carbocycles. The number of carbonyl (C=O) groups excluding carboxylic acids is 1. The summed E-state index contributed by atoms with van der Waals surface area (Å²) in [5.74, 6) is -0.410. The lowest BCUT2D eigenvalue weighted by Gasteiger charge is -2.13. The maximum absolute atomic E-state index is 12.8. The molecule has 0 heterocycles. The Bertz CT molecular complexity index is 437. The highest BCUT2D eigenvalue weighted by Crippen LogP contribution is 2.33. The van der Waals surface area contributed by atoms with E-state index in [-0.39, 0.29) is 16.6 Å². The fraction of sp³-hybridized carbons (Fsp3) is 0.364.